The topological polar surface area (TPSA) is 54.9 Å². The molecule has 0 aliphatic carbocycles. The van der Waals surface area contributed by atoms with Crippen molar-refractivity contribution in [3.8, 4) is 0 Å². The van der Waals surface area contributed by atoms with Crippen LogP contribution in [0.2, 0.25) is 0 Å². The van der Waals surface area contributed by atoms with Crippen molar-refractivity contribution in [2.75, 3.05) is 5.32 Å². The Hall–Kier alpha value is -2.37. The lowest BCUT2D eigenvalue weighted by atomic mass is 10.1. The maximum Gasteiger partial charge on any atom is 0.259 e. The first-order valence-electron chi connectivity index (χ1n) is 5.96. The number of hydrogen-bond acceptors (Lipinski definition) is 3. The van der Waals surface area contributed by atoms with Crippen LogP contribution in [0.4, 0.5) is 14.5 Å². The molecule has 104 valence electrons. The molecule has 0 aliphatic rings. The Morgan fingerprint density at radius 1 is 1.10 bits per heavy atom. The average Bonchev–Trinajstić information content (AvgIpc) is 2.31. The summed E-state index contributed by atoms with van der Waals surface area (Å²) < 4.78 is 26.3. The lowest BCUT2D eigenvalue weighted by Crippen LogP contribution is -2.18. The Bertz CT molecular complexity index is 663. The highest BCUT2D eigenvalue weighted by Crippen LogP contribution is 2.18. The van der Waals surface area contributed by atoms with Gasteiger partial charge in [-0.2, -0.15) is 0 Å². The summed E-state index contributed by atoms with van der Waals surface area (Å²) in [7, 11) is 0. The molecule has 0 atom stereocenters. The lowest BCUT2D eigenvalue weighted by molar-refractivity contribution is 0.102. The zero-order chi connectivity index (χ0) is 14.9. The molecular weight excluding hydrogens is 264 g/mol. The molecule has 0 radical (unpaired) electrons. The van der Waals surface area contributed by atoms with E-state index in [4.69, 9.17) is 0 Å². The van der Waals surface area contributed by atoms with Crippen molar-refractivity contribution < 1.29 is 13.6 Å². The Morgan fingerprint density at radius 2 is 1.70 bits per heavy atom. The Morgan fingerprint density at radius 3 is 2.25 bits per heavy atom. The summed E-state index contributed by atoms with van der Waals surface area (Å²) in [5.74, 6) is -1.50. The van der Waals surface area contributed by atoms with Crippen molar-refractivity contribution in [3.63, 3.8) is 0 Å². The molecule has 1 aromatic heterocycles. The molecule has 0 saturated heterocycles. The lowest BCUT2D eigenvalue weighted by Gasteiger charge is -2.10. The number of aryl methyl sites for hydroxylation is 3. The van der Waals surface area contributed by atoms with Crippen LogP contribution in [0, 0.1) is 32.4 Å². The van der Waals surface area contributed by atoms with E-state index in [1.54, 1.807) is 20.8 Å². The molecule has 1 aromatic carbocycles. The number of aromatic nitrogens is 2. The first-order valence-corrected chi connectivity index (χ1v) is 5.96. The van der Waals surface area contributed by atoms with Gasteiger partial charge in [-0.3, -0.25) is 4.79 Å². The van der Waals surface area contributed by atoms with Crippen LogP contribution in [-0.4, -0.2) is 15.9 Å². The van der Waals surface area contributed by atoms with E-state index in [1.165, 1.54) is 6.07 Å². The van der Waals surface area contributed by atoms with E-state index in [2.05, 4.69) is 15.3 Å². The Labute approximate surface area is 114 Å². The van der Waals surface area contributed by atoms with Gasteiger partial charge in [0.15, 0.2) is 0 Å². The van der Waals surface area contributed by atoms with Crippen LogP contribution in [0.15, 0.2) is 18.2 Å². The third kappa shape index (κ3) is 2.79. The van der Waals surface area contributed by atoms with E-state index in [0.29, 0.717) is 28.8 Å². The van der Waals surface area contributed by atoms with Gasteiger partial charge >= 0.3 is 0 Å². The number of carbonyl (C=O) groups excluding carboxylic acids is 1. The number of amides is 1. The number of hydrogen-bond donors (Lipinski definition) is 1. The number of anilines is 1. The van der Waals surface area contributed by atoms with E-state index >= 15 is 0 Å². The highest BCUT2D eigenvalue weighted by Gasteiger charge is 2.16. The van der Waals surface area contributed by atoms with Crippen LogP contribution >= 0.6 is 0 Å². The van der Waals surface area contributed by atoms with Crippen LogP contribution in [0.3, 0.4) is 0 Å². The standard InChI is InChI=1S/C14H13F2N3O/c1-7-13(8(2)18-9(3)17-7)14(20)19-12-5-4-10(15)6-11(12)16/h4-6H,1-3H3,(H,19,20). The SMILES string of the molecule is Cc1nc(C)c(C(=O)Nc2ccc(F)cc2F)c(C)n1. The quantitative estimate of drug-likeness (QED) is 0.918. The average molecular weight is 277 g/mol. The number of rotatable bonds is 2. The molecule has 1 N–H and O–H groups in total. The molecule has 0 saturated carbocycles. The molecule has 0 unspecified atom stereocenters. The van der Waals surface area contributed by atoms with Gasteiger partial charge in [0, 0.05) is 6.07 Å². The maximum atomic E-state index is 13.5. The minimum absolute atomic E-state index is 0.0872. The molecule has 1 amide bonds. The van der Waals surface area contributed by atoms with Crippen molar-refractivity contribution >= 4 is 11.6 Å². The molecule has 20 heavy (non-hydrogen) atoms. The zero-order valence-electron chi connectivity index (χ0n) is 11.3. The summed E-state index contributed by atoms with van der Waals surface area (Å²) in [6, 6.07) is 2.95. The third-order valence-corrected chi connectivity index (χ3v) is 2.79. The van der Waals surface area contributed by atoms with Gasteiger partial charge in [0.1, 0.15) is 17.5 Å². The molecule has 2 aromatic rings. The molecule has 2 rings (SSSR count). The maximum absolute atomic E-state index is 13.5. The fraction of sp³-hybridized carbons (Fsp3) is 0.214. The van der Waals surface area contributed by atoms with E-state index in [-0.39, 0.29) is 5.69 Å². The molecule has 6 heteroatoms. The summed E-state index contributed by atoms with van der Waals surface area (Å²) in [6.45, 7) is 5.08. The molecule has 4 nitrogen and oxygen atoms in total. The van der Waals surface area contributed by atoms with Gasteiger partial charge in [0.05, 0.1) is 22.6 Å². The number of nitrogens with zero attached hydrogens (tertiary/aromatic N) is 2. The summed E-state index contributed by atoms with van der Waals surface area (Å²) in [5.41, 5.74) is 1.22. The van der Waals surface area contributed by atoms with E-state index in [0.717, 1.165) is 6.07 Å². The van der Waals surface area contributed by atoms with Gasteiger partial charge in [-0.1, -0.05) is 0 Å². The van der Waals surface area contributed by atoms with Gasteiger partial charge in [-0.05, 0) is 32.9 Å². The number of nitrogens with one attached hydrogen (secondary N) is 1. The van der Waals surface area contributed by atoms with Crippen LogP contribution in [0.5, 0.6) is 0 Å². The molecule has 1 heterocycles. The van der Waals surface area contributed by atoms with Crippen LogP contribution < -0.4 is 5.32 Å². The molecule has 0 aliphatic heterocycles. The van der Waals surface area contributed by atoms with E-state index in [1.807, 2.05) is 0 Å². The highest BCUT2D eigenvalue weighted by molar-refractivity contribution is 6.05. The second kappa shape index (κ2) is 5.32. The molecular formula is C14H13F2N3O. The van der Waals surface area contributed by atoms with Crippen molar-refractivity contribution in [2.24, 2.45) is 0 Å². The minimum atomic E-state index is -0.832. The summed E-state index contributed by atoms with van der Waals surface area (Å²) in [4.78, 5) is 20.4. The van der Waals surface area contributed by atoms with Crippen LogP contribution in [0.25, 0.3) is 0 Å². The minimum Gasteiger partial charge on any atom is -0.319 e. The van der Waals surface area contributed by atoms with Gasteiger partial charge in [0.25, 0.3) is 5.91 Å². The summed E-state index contributed by atoms with van der Waals surface area (Å²) in [6.07, 6.45) is 0. The fourth-order valence-corrected chi connectivity index (χ4v) is 1.99. The zero-order valence-corrected chi connectivity index (χ0v) is 11.3. The predicted octanol–water partition coefficient (Wildman–Crippen LogP) is 2.93. The van der Waals surface area contributed by atoms with Crippen LogP contribution in [0.1, 0.15) is 27.6 Å². The number of halogens is 2. The third-order valence-electron chi connectivity index (χ3n) is 2.79. The monoisotopic (exact) mass is 277 g/mol. The second-order valence-corrected chi connectivity index (χ2v) is 4.39. The Balaban J connectivity index is 2.33. The van der Waals surface area contributed by atoms with Crippen molar-refractivity contribution in [2.45, 2.75) is 20.8 Å². The normalized spacial score (nSPS) is 10.4. The number of carbonyl (C=O) groups is 1. The first kappa shape index (κ1) is 14.0. The molecule has 0 spiro atoms. The fourth-order valence-electron chi connectivity index (χ4n) is 1.99. The largest absolute Gasteiger partial charge is 0.319 e. The smallest absolute Gasteiger partial charge is 0.259 e. The van der Waals surface area contributed by atoms with Crippen molar-refractivity contribution in [1.82, 2.24) is 9.97 Å². The van der Waals surface area contributed by atoms with Gasteiger partial charge in [0.2, 0.25) is 0 Å². The Kier molecular flexibility index (Phi) is 3.74. The summed E-state index contributed by atoms with van der Waals surface area (Å²) in [5, 5.41) is 2.39. The van der Waals surface area contributed by atoms with Crippen molar-refractivity contribution in [3.05, 3.63) is 52.6 Å². The number of benzene rings is 1. The first-order chi connectivity index (χ1) is 9.38. The van der Waals surface area contributed by atoms with E-state index < -0.39 is 17.5 Å². The van der Waals surface area contributed by atoms with Gasteiger partial charge < -0.3 is 5.32 Å². The predicted molar refractivity (Wildman–Crippen MR) is 70.6 cm³/mol. The van der Waals surface area contributed by atoms with Crippen molar-refractivity contribution in [1.29, 1.82) is 0 Å². The second-order valence-electron chi connectivity index (χ2n) is 4.39. The highest BCUT2D eigenvalue weighted by atomic mass is 19.1. The van der Waals surface area contributed by atoms with Crippen LogP contribution in [-0.2, 0) is 0 Å². The molecule has 0 bridgehead atoms. The molecule has 0 fully saturated rings. The van der Waals surface area contributed by atoms with Gasteiger partial charge in [-0.25, -0.2) is 18.7 Å². The summed E-state index contributed by atoms with van der Waals surface area (Å²) >= 11 is 0. The van der Waals surface area contributed by atoms with Gasteiger partial charge in [-0.15, -0.1) is 0 Å². The van der Waals surface area contributed by atoms with E-state index in [9.17, 15) is 13.6 Å².